The van der Waals surface area contributed by atoms with Crippen LogP contribution in [0.25, 0.3) is 0 Å². The van der Waals surface area contributed by atoms with Crippen LogP contribution in [-0.4, -0.2) is 54.7 Å². The Hall–Kier alpha value is -1.59. The van der Waals surface area contributed by atoms with Crippen LogP contribution in [0.3, 0.4) is 0 Å². The maximum atomic E-state index is 11.2. The van der Waals surface area contributed by atoms with Gasteiger partial charge in [-0.1, -0.05) is 19.1 Å². The van der Waals surface area contributed by atoms with Crippen molar-refractivity contribution in [3.05, 3.63) is 29.8 Å². The van der Waals surface area contributed by atoms with E-state index < -0.39 is 6.10 Å². The van der Waals surface area contributed by atoms with Gasteiger partial charge in [0, 0.05) is 31.7 Å². The highest BCUT2D eigenvalue weighted by molar-refractivity contribution is 5.74. The van der Waals surface area contributed by atoms with E-state index in [1.807, 2.05) is 25.1 Å². The van der Waals surface area contributed by atoms with E-state index in [1.165, 1.54) is 12.8 Å². The van der Waals surface area contributed by atoms with E-state index in [0.29, 0.717) is 26.1 Å². The molecule has 0 aliphatic carbocycles. The first-order valence-corrected chi connectivity index (χ1v) is 8.94. The summed E-state index contributed by atoms with van der Waals surface area (Å²) in [6.45, 7) is 8.19. The Morgan fingerprint density at radius 1 is 1.42 bits per heavy atom. The zero-order chi connectivity index (χ0) is 17.5. The fourth-order valence-corrected chi connectivity index (χ4v) is 3.25. The van der Waals surface area contributed by atoms with Crippen LogP contribution in [0.15, 0.2) is 24.3 Å². The van der Waals surface area contributed by atoms with Crippen LogP contribution in [0.2, 0.25) is 0 Å². The van der Waals surface area contributed by atoms with Crippen molar-refractivity contribution < 1.29 is 9.90 Å². The maximum absolute atomic E-state index is 11.2. The van der Waals surface area contributed by atoms with E-state index in [9.17, 15) is 9.90 Å². The summed E-state index contributed by atoms with van der Waals surface area (Å²) in [5.41, 5.74) is 7.50. The van der Waals surface area contributed by atoms with Crippen molar-refractivity contribution in [2.75, 3.05) is 37.6 Å². The van der Waals surface area contributed by atoms with Crippen molar-refractivity contribution in [1.82, 2.24) is 4.90 Å². The number of nitrogens with zero attached hydrogens (tertiary/aromatic N) is 2. The lowest BCUT2D eigenvalue weighted by molar-refractivity contribution is -0.117. The monoisotopic (exact) mass is 333 g/mol. The molecular formula is C19H31N3O2. The van der Waals surface area contributed by atoms with Gasteiger partial charge < -0.3 is 20.6 Å². The topological polar surface area (TPSA) is 69.8 Å². The molecule has 2 rings (SSSR count). The maximum Gasteiger partial charge on any atom is 0.219 e. The van der Waals surface area contributed by atoms with Crippen molar-refractivity contribution in [2.45, 2.75) is 39.2 Å². The summed E-state index contributed by atoms with van der Waals surface area (Å²) in [5.74, 6) is 0.477. The molecule has 1 fully saturated rings. The zero-order valence-corrected chi connectivity index (χ0v) is 14.9. The fourth-order valence-electron chi connectivity index (χ4n) is 3.25. The molecule has 1 unspecified atom stereocenters. The predicted molar refractivity (Wildman–Crippen MR) is 98.0 cm³/mol. The second kappa shape index (κ2) is 9.04. The normalized spacial score (nSPS) is 17.6. The number of β-amino-alcohol motifs (C(OH)–C–C–N with tert-alkyl or cyclic N) is 1. The summed E-state index contributed by atoms with van der Waals surface area (Å²) < 4.78 is 0. The van der Waals surface area contributed by atoms with Crippen LogP contribution < -0.4 is 10.6 Å². The highest BCUT2D eigenvalue weighted by Crippen LogP contribution is 2.19. The Bertz CT molecular complexity index is 527. The molecule has 1 atom stereocenters. The molecule has 1 aliphatic heterocycles. The molecule has 0 saturated carbocycles. The van der Waals surface area contributed by atoms with Gasteiger partial charge in [0.1, 0.15) is 0 Å². The number of nitrogens with two attached hydrogens (primary N) is 1. The molecule has 5 nitrogen and oxygen atoms in total. The molecule has 1 saturated heterocycles. The summed E-state index contributed by atoms with van der Waals surface area (Å²) in [7, 11) is 0. The first-order valence-electron chi connectivity index (χ1n) is 8.94. The van der Waals surface area contributed by atoms with E-state index in [4.69, 9.17) is 5.73 Å². The summed E-state index contributed by atoms with van der Waals surface area (Å²) in [5, 5.41) is 10.5. The van der Waals surface area contributed by atoms with E-state index in [2.05, 4.69) is 22.8 Å². The standard InChI is InChI=1S/C19H31N3O2/c1-15-6-9-21(10-7-15)13-18(23)14-22(11-8-19(20)24)17-5-3-4-16(2)12-17/h3-5,12,15,18,23H,6-11,13-14H2,1-2H3,(H2,20,24). The van der Waals surface area contributed by atoms with Crippen LogP contribution in [0.5, 0.6) is 0 Å². The average molecular weight is 333 g/mol. The lowest BCUT2D eigenvalue weighted by Crippen LogP contribution is -2.43. The number of anilines is 1. The molecule has 0 radical (unpaired) electrons. The molecule has 1 amide bonds. The highest BCUT2D eigenvalue weighted by Gasteiger charge is 2.20. The van der Waals surface area contributed by atoms with Crippen molar-refractivity contribution >= 4 is 11.6 Å². The summed E-state index contributed by atoms with van der Waals surface area (Å²) in [4.78, 5) is 15.6. The molecule has 0 aromatic heterocycles. The number of primary amides is 1. The number of carbonyl (C=O) groups is 1. The molecule has 134 valence electrons. The van der Waals surface area contributed by atoms with Gasteiger partial charge >= 0.3 is 0 Å². The number of carbonyl (C=O) groups excluding carboxylic acids is 1. The van der Waals surface area contributed by atoms with Gasteiger partial charge in [-0.15, -0.1) is 0 Å². The lowest BCUT2D eigenvalue weighted by Gasteiger charge is -2.34. The third-order valence-corrected chi connectivity index (χ3v) is 4.77. The molecule has 1 aromatic carbocycles. The highest BCUT2D eigenvalue weighted by atomic mass is 16.3. The Kier molecular flexibility index (Phi) is 7.06. The minimum Gasteiger partial charge on any atom is -0.390 e. The van der Waals surface area contributed by atoms with Gasteiger partial charge in [-0.3, -0.25) is 4.79 Å². The quantitative estimate of drug-likeness (QED) is 0.761. The summed E-state index contributed by atoms with van der Waals surface area (Å²) in [6.07, 6.45) is 2.26. The van der Waals surface area contributed by atoms with Crippen molar-refractivity contribution in [2.24, 2.45) is 11.7 Å². The van der Waals surface area contributed by atoms with E-state index in [-0.39, 0.29) is 5.91 Å². The number of aliphatic hydroxyl groups excluding tert-OH is 1. The second-order valence-electron chi connectivity index (χ2n) is 7.14. The van der Waals surface area contributed by atoms with E-state index in [1.54, 1.807) is 0 Å². The van der Waals surface area contributed by atoms with Crippen LogP contribution in [0.4, 0.5) is 5.69 Å². The van der Waals surface area contributed by atoms with Crippen LogP contribution in [-0.2, 0) is 4.79 Å². The van der Waals surface area contributed by atoms with Gasteiger partial charge in [0.2, 0.25) is 5.91 Å². The summed E-state index contributed by atoms with van der Waals surface area (Å²) >= 11 is 0. The van der Waals surface area contributed by atoms with E-state index >= 15 is 0 Å². The van der Waals surface area contributed by atoms with Crippen LogP contribution >= 0.6 is 0 Å². The molecule has 1 aromatic rings. The van der Waals surface area contributed by atoms with Gasteiger partial charge in [0.05, 0.1) is 6.10 Å². The number of aryl methyl sites for hydroxylation is 1. The lowest BCUT2D eigenvalue weighted by atomic mass is 9.99. The number of hydrogen-bond acceptors (Lipinski definition) is 4. The van der Waals surface area contributed by atoms with Gasteiger partial charge in [0.15, 0.2) is 0 Å². The van der Waals surface area contributed by atoms with Crippen molar-refractivity contribution in [1.29, 1.82) is 0 Å². The number of piperidine rings is 1. The average Bonchev–Trinajstić information content (AvgIpc) is 2.53. The number of hydrogen-bond donors (Lipinski definition) is 2. The number of amides is 1. The molecule has 0 spiro atoms. The van der Waals surface area contributed by atoms with Crippen molar-refractivity contribution in [3.63, 3.8) is 0 Å². The van der Waals surface area contributed by atoms with Crippen molar-refractivity contribution in [3.8, 4) is 0 Å². The third-order valence-electron chi connectivity index (χ3n) is 4.77. The summed E-state index contributed by atoms with van der Waals surface area (Å²) in [6, 6.07) is 8.14. The van der Waals surface area contributed by atoms with Gasteiger partial charge in [-0.2, -0.15) is 0 Å². The Morgan fingerprint density at radius 3 is 2.75 bits per heavy atom. The molecule has 0 bridgehead atoms. The molecule has 1 aliphatic rings. The Labute approximate surface area is 145 Å². The second-order valence-corrected chi connectivity index (χ2v) is 7.14. The minimum absolute atomic E-state index is 0.294. The van der Waals surface area contributed by atoms with Gasteiger partial charge in [-0.25, -0.2) is 0 Å². The molecule has 3 N–H and O–H groups in total. The van der Waals surface area contributed by atoms with E-state index in [0.717, 1.165) is 30.3 Å². The van der Waals surface area contributed by atoms with Gasteiger partial charge in [-0.05, 0) is 56.5 Å². The Balaban J connectivity index is 1.94. The third kappa shape index (κ3) is 6.13. The first kappa shape index (κ1) is 18.7. The van der Waals surface area contributed by atoms with Crippen LogP contribution in [0.1, 0.15) is 31.7 Å². The smallest absolute Gasteiger partial charge is 0.219 e. The zero-order valence-electron chi connectivity index (χ0n) is 14.9. The number of rotatable bonds is 8. The predicted octanol–water partition coefficient (Wildman–Crippen LogP) is 1.77. The van der Waals surface area contributed by atoms with Gasteiger partial charge in [0.25, 0.3) is 0 Å². The molecule has 5 heteroatoms. The number of likely N-dealkylation sites (tertiary alicyclic amines) is 1. The minimum atomic E-state index is -0.438. The number of aliphatic hydroxyl groups is 1. The molecular weight excluding hydrogens is 302 g/mol. The first-order chi connectivity index (χ1) is 11.4. The fraction of sp³-hybridized carbons (Fsp3) is 0.632. The SMILES string of the molecule is Cc1cccc(N(CCC(N)=O)CC(O)CN2CCC(C)CC2)c1. The molecule has 24 heavy (non-hydrogen) atoms. The molecule has 1 heterocycles. The van der Waals surface area contributed by atoms with Crippen LogP contribution in [0, 0.1) is 12.8 Å². The Morgan fingerprint density at radius 2 is 2.12 bits per heavy atom. The number of benzene rings is 1. The largest absolute Gasteiger partial charge is 0.390 e.